The minimum Gasteiger partial charge on any atom is -0.397 e. The van der Waals surface area contributed by atoms with E-state index in [0.717, 1.165) is 0 Å². The molecule has 16 heavy (non-hydrogen) atoms. The second-order valence-corrected chi connectivity index (χ2v) is 1.63. The molecule has 0 saturated heterocycles. The van der Waals surface area contributed by atoms with Crippen LogP contribution in [-0.2, 0) is 0 Å². The molecule has 0 amide bonds. The molecule has 0 heterocycles. The maximum atomic E-state index is 5.39. The van der Waals surface area contributed by atoms with Crippen molar-refractivity contribution in [3.8, 4) is 0 Å². The molecule has 0 unspecified atom stereocenters. The first-order chi connectivity index (χ1) is 7.80. The van der Waals surface area contributed by atoms with Gasteiger partial charge in [-0.2, -0.15) is 0 Å². The van der Waals surface area contributed by atoms with Gasteiger partial charge in [0.2, 0.25) is 0 Å². The average Bonchev–Trinajstić information content (AvgIpc) is 2.42. The minimum absolute atomic E-state index is 0.646. The fourth-order valence-electron chi connectivity index (χ4n) is 0.511. The monoisotopic (exact) mass is 228 g/mol. The van der Waals surface area contributed by atoms with Crippen molar-refractivity contribution in [2.75, 3.05) is 11.5 Å². The van der Waals surface area contributed by atoms with Gasteiger partial charge >= 0.3 is 0 Å². The molecular weight excluding hydrogens is 196 g/mol. The van der Waals surface area contributed by atoms with E-state index < -0.39 is 0 Å². The highest BCUT2D eigenvalue weighted by molar-refractivity contribution is 5.62. The summed E-state index contributed by atoms with van der Waals surface area (Å²) in [5.41, 5.74) is 12.1. The number of para-hydroxylation sites is 2. The molecule has 98 valence electrons. The molecule has 1 rings (SSSR count). The number of benzene rings is 1. The second kappa shape index (κ2) is 29.2. The number of hydrogen-bond acceptors (Lipinski definition) is 2. The zero-order chi connectivity index (χ0) is 14.0. The van der Waals surface area contributed by atoms with Crippen LogP contribution >= 0.6 is 0 Å². The number of nitrogens with two attached hydrogens (primary N) is 2. The first-order valence-electron chi connectivity index (χ1n) is 6.40. The zero-order valence-electron chi connectivity index (χ0n) is 12.5. The van der Waals surface area contributed by atoms with Gasteiger partial charge in [-0.05, 0) is 12.1 Å². The topological polar surface area (TPSA) is 52.0 Å². The van der Waals surface area contributed by atoms with Crippen molar-refractivity contribution >= 4 is 11.4 Å². The van der Waals surface area contributed by atoms with Crippen molar-refractivity contribution in [2.24, 2.45) is 0 Å². The Morgan fingerprint density at radius 2 is 0.750 bits per heavy atom. The fraction of sp³-hybridized carbons (Fsp3) is 0.571. The Morgan fingerprint density at radius 1 is 0.562 bits per heavy atom. The number of anilines is 2. The molecule has 0 saturated carbocycles. The van der Waals surface area contributed by atoms with Crippen LogP contribution < -0.4 is 11.5 Å². The summed E-state index contributed by atoms with van der Waals surface area (Å²) in [5, 5.41) is 0. The Bertz CT molecular complexity index is 165. The standard InChI is InChI=1S/C6H8N2.4C2H6/c7-5-3-1-2-4-6(5)8;4*1-2/h1-4H,7-8H2;4*1-2H3. The normalized spacial score (nSPS) is 6.00. The first kappa shape index (κ1) is 24.2. The van der Waals surface area contributed by atoms with Gasteiger partial charge in [0.05, 0.1) is 11.4 Å². The van der Waals surface area contributed by atoms with Gasteiger partial charge in [-0.25, -0.2) is 0 Å². The second-order valence-electron chi connectivity index (χ2n) is 1.63. The molecule has 1 aromatic rings. The van der Waals surface area contributed by atoms with Gasteiger partial charge in [0.15, 0.2) is 0 Å². The van der Waals surface area contributed by atoms with Crippen molar-refractivity contribution in [3.05, 3.63) is 24.3 Å². The lowest BCUT2D eigenvalue weighted by Gasteiger charge is -1.94. The summed E-state index contributed by atoms with van der Waals surface area (Å²) in [6.45, 7) is 16.0. The lowest BCUT2D eigenvalue weighted by atomic mass is 10.3. The van der Waals surface area contributed by atoms with Gasteiger partial charge in [-0.1, -0.05) is 67.5 Å². The van der Waals surface area contributed by atoms with Crippen molar-refractivity contribution in [1.82, 2.24) is 0 Å². The van der Waals surface area contributed by atoms with E-state index in [0.29, 0.717) is 11.4 Å². The Kier molecular flexibility index (Phi) is 44.1. The highest BCUT2D eigenvalue weighted by Crippen LogP contribution is 2.10. The van der Waals surface area contributed by atoms with E-state index in [2.05, 4.69) is 0 Å². The molecule has 0 fully saturated rings. The van der Waals surface area contributed by atoms with Crippen LogP contribution in [0.25, 0.3) is 0 Å². The number of rotatable bonds is 0. The van der Waals surface area contributed by atoms with Gasteiger partial charge < -0.3 is 11.5 Å². The van der Waals surface area contributed by atoms with E-state index in [-0.39, 0.29) is 0 Å². The van der Waals surface area contributed by atoms with Crippen LogP contribution in [0.5, 0.6) is 0 Å². The lowest BCUT2D eigenvalue weighted by Crippen LogP contribution is -1.91. The molecule has 0 aliphatic heterocycles. The molecule has 0 aromatic heterocycles. The number of nitrogen functional groups attached to an aromatic ring is 2. The molecule has 0 spiro atoms. The largest absolute Gasteiger partial charge is 0.397 e. The smallest absolute Gasteiger partial charge is 0.0547 e. The van der Waals surface area contributed by atoms with Crippen molar-refractivity contribution in [2.45, 2.75) is 55.4 Å². The maximum absolute atomic E-state index is 5.39. The van der Waals surface area contributed by atoms with Gasteiger partial charge in [0.25, 0.3) is 0 Å². The van der Waals surface area contributed by atoms with Crippen LogP contribution in [0.3, 0.4) is 0 Å². The van der Waals surface area contributed by atoms with E-state index >= 15 is 0 Å². The molecule has 0 radical (unpaired) electrons. The van der Waals surface area contributed by atoms with Gasteiger partial charge in [0.1, 0.15) is 0 Å². The summed E-state index contributed by atoms with van der Waals surface area (Å²) in [6.07, 6.45) is 0. The average molecular weight is 228 g/mol. The fourth-order valence-corrected chi connectivity index (χ4v) is 0.511. The Balaban J connectivity index is -0.0000000771. The Hall–Kier alpha value is -1.18. The highest BCUT2D eigenvalue weighted by atomic mass is 14.7. The quantitative estimate of drug-likeness (QED) is 0.617. The summed E-state index contributed by atoms with van der Waals surface area (Å²) < 4.78 is 0. The summed E-state index contributed by atoms with van der Waals surface area (Å²) in [7, 11) is 0. The molecule has 0 aliphatic carbocycles. The van der Waals surface area contributed by atoms with Crippen molar-refractivity contribution in [3.63, 3.8) is 0 Å². The Labute approximate surface area is 103 Å². The van der Waals surface area contributed by atoms with Crippen LogP contribution in [-0.4, -0.2) is 0 Å². The molecule has 4 N–H and O–H groups in total. The van der Waals surface area contributed by atoms with E-state index in [4.69, 9.17) is 11.5 Å². The van der Waals surface area contributed by atoms with Crippen molar-refractivity contribution in [1.29, 1.82) is 0 Å². The van der Waals surface area contributed by atoms with Gasteiger partial charge in [0, 0.05) is 0 Å². The van der Waals surface area contributed by atoms with Crippen LogP contribution in [0.4, 0.5) is 11.4 Å². The molecule has 0 aliphatic rings. The van der Waals surface area contributed by atoms with E-state index in [1.807, 2.05) is 67.5 Å². The van der Waals surface area contributed by atoms with Crippen LogP contribution in [0, 0.1) is 0 Å². The minimum atomic E-state index is 0.646. The van der Waals surface area contributed by atoms with E-state index in [1.54, 1.807) is 12.1 Å². The SMILES string of the molecule is CC.CC.CC.CC.Nc1ccccc1N. The first-order valence-corrected chi connectivity index (χ1v) is 6.40. The lowest BCUT2D eigenvalue weighted by molar-refractivity contribution is 1.50. The molecular formula is C14H32N2. The summed E-state index contributed by atoms with van der Waals surface area (Å²) >= 11 is 0. The Morgan fingerprint density at radius 3 is 0.875 bits per heavy atom. The molecule has 2 nitrogen and oxygen atoms in total. The molecule has 1 aromatic carbocycles. The van der Waals surface area contributed by atoms with Gasteiger partial charge in [-0.15, -0.1) is 0 Å². The molecule has 2 heteroatoms. The van der Waals surface area contributed by atoms with Crippen LogP contribution in [0.1, 0.15) is 55.4 Å². The molecule has 0 atom stereocenters. The van der Waals surface area contributed by atoms with E-state index in [1.165, 1.54) is 0 Å². The van der Waals surface area contributed by atoms with E-state index in [9.17, 15) is 0 Å². The predicted molar refractivity (Wildman–Crippen MR) is 80.7 cm³/mol. The zero-order valence-corrected chi connectivity index (χ0v) is 12.5. The van der Waals surface area contributed by atoms with Gasteiger partial charge in [-0.3, -0.25) is 0 Å². The summed E-state index contributed by atoms with van der Waals surface area (Å²) in [4.78, 5) is 0. The molecule has 0 bridgehead atoms. The third kappa shape index (κ3) is 18.6. The third-order valence-electron chi connectivity index (χ3n) is 0.996. The van der Waals surface area contributed by atoms with Crippen molar-refractivity contribution < 1.29 is 0 Å². The van der Waals surface area contributed by atoms with Crippen LogP contribution in [0.15, 0.2) is 24.3 Å². The third-order valence-corrected chi connectivity index (χ3v) is 0.996. The number of hydrogen-bond donors (Lipinski definition) is 2. The maximum Gasteiger partial charge on any atom is 0.0547 e. The summed E-state index contributed by atoms with van der Waals surface area (Å²) in [5.74, 6) is 0. The highest BCUT2D eigenvalue weighted by Gasteiger charge is 1.85. The predicted octanol–water partition coefficient (Wildman–Crippen LogP) is 4.96. The van der Waals surface area contributed by atoms with Crippen LogP contribution in [0.2, 0.25) is 0 Å². The summed E-state index contributed by atoms with van der Waals surface area (Å²) in [6, 6.07) is 7.25.